The van der Waals surface area contributed by atoms with Crippen molar-refractivity contribution in [1.29, 1.82) is 0 Å². The number of nitrogens with one attached hydrogen (secondary N) is 1. The third-order valence-electron chi connectivity index (χ3n) is 6.93. The summed E-state index contributed by atoms with van der Waals surface area (Å²) < 4.78 is 37.1. The molecule has 0 saturated carbocycles. The summed E-state index contributed by atoms with van der Waals surface area (Å²) in [4.78, 5) is 27.9. The average molecular weight is 592 g/mol. The minimum absolute atomic E-state index is 0.0573. The van der Waals surface area contributed by atoms with Gasteiger partial charge >= 0.3 is 6.09 Å². The zero-order valence-electron chi connectivity index (χ0n) is 23.4. The van der Waals surface area contributed by atoms with Crippen LogP contribution in [0.2, 0.25) is 0 Å². The third kappa shape index (κ3) is 6.08. The van der Waals surface area contributed by atoms with Gasteiger partial charge in [-0.05, 0) is 42.2 Å². The first-order chi connectivity index (χ1) is 20.0. The molecule has 3 aromatic carbocycles. The Hall–Kier alpha value is -4.45. The molecule has 0 unspecified atom stereocenters. The summed E-state index contributed by atoms with van der Waals surface area (Å²) >= 11 is 0. The fraction of sp³-hybridized carbons (Fsp3) is 0.226. The summed E-state index contributed by atoms with van der Waals surface area (Å²) in [5.74, 6) is -0.796. The molecular formula is C31H33N3O7S. The number of anilines is 1. The maximum atomic E-state index is 13.6. The molecule has 5 rings (SSSR count). The molecule has 42 heavy (non-hydrogen) atoms. The highest BCUT2D eigenvalue weighted by molar-refractivity contribution is 8.25. The van der Waals surface area contributed by atoms with Gasteiger partial charge in [-0.3, -0.25) is 28.1 Å². The lowest BCUT2D eigenvalue weighted by atomic mass is 10.0. The van der Waals surface area contributed by atoms with E-state index in [1.165, 1.54) is 30.4 Å². The number of nitrogens with zero attached hydrogens (tertiary/aromatic N) is 2. The molecule has 220 valence electrons. The van der Waals surface area contributed by atoms with Gasteiger partial charge in [-0.1, -0.05) is 73.2 Å². The summed E-state index contributed by atoms with van der Waals surface area (Å²) in [6.07, 6.45) is 2.12. The molecule has 0 aliphatic heterocycles. The minimum Gasteiger partial charge on any atom is -0.504 e. The topological polar surface area (TPSA) is 137 Å². The smallest absolute Gasteiger partial charge is 0.410 e. The van der Waals surface area contributed by atoms with Crippen LogP contribution in [0, 0.1) is 5.92 Å². The number of rotatable bonds is 9. The highest BCUT2D eigenvalue weighted by Crippen LogP contribution is 2.50. The van der Waals surface area contributed by atoms with Crippen LogP contribution in [-0.4, -0.2) is 48.8 Å². The number of benzene rings is 3. The number of amides is 1. The fourth-order valence-electron chi connectivity index (χ4n) is 4.74. The van der Waals surface area contributed by atoms with E-state index in [1.807, 2.05) is 68.4 Å². The fourth-order valence-corrected chi connectivity index (χ4v) is 5.86. The standard InChI is InChI=1S/C31H33N3O7S/c1-20(2)15-26(33(3)31(37)40-19-21-9-5-4-6-10-21)30(36)34-17-25(27(35)18-34)32-42(38,39)22-13-14-29-24(16-22)23-11-7-8-12-28(23)41-29/h4-14,16-18,20,26,32,35,38-39H,15,19H2,1-3H3/t26-/m0/s1. The van der Waals surface area contributed by atoms with Gasteiger partial charge in [0, 0.05) is 24.0 Å². The van der Waals surface area contributed by atoms with Crippen molar-refractivity contribution in [2.45, 2.75) is 37.8 Å². The number of aromatic nitrogens is 1. The van der Waals surface area contributed by atoms with Gasteiger partial charge < -0.3 is 14.3 Å². The van der Waals surface area contributed by atoms with Crippen LogP contribution >= 0.6 is 10.8 Å². The highest BCUT2D eigenvalue weighted by atomic mass is 32.3. The Balaban J connectivity index is 1.35. The Morgan fingerprint density at radius 2 is 1.67 bits per heavy atom. The van der Waals surface area contributed by atoms with Crippen LogP contribution in [0.1, 0.15) is 30.6 Å². The van der Waals surface area contributed by atoms with Crippen molar-refractivity contribution in [2.75, 3.05) is 11.8 Å². The van der Waals surface area contributed by atoms with Crippen molar-refractivity contribution in [2.24, 2.45) is 5.92 Å². The average Bonchev–Trinajstić information content (AvgIpc) is 3.53. The van der Waals surface area contributed by atoms with E-state index in [1.54, 1.807) is 12.1 Å². The number of furan rings is 1. The minimum atomic E-state index is -3.65. The van der Waals surface area contributed by atoms with Gasteiger partial charge in [0.15, 0.2) is 5.75 Å². The van der Waals surface area contributed by atoms with Crippen molar-refractivity contribution in [3.63, 3.8) is 0 Å². The van der Waals surface area contributed by atoms with E-state index >= 15 is 0 Å². The molecule has 0 radical (unpaired) electrons. The number of ether oxygens (including phenoxy) is 1. The van der Waals surface area contributed by atoms with Gasteiger partial charge in [0.25, 0.3) is 5.91 Å². The zero-order chi connectivity index (χ0) is 30.0. The lowest BCUT2D eigenvalue weighted by Gasteiger charge is -2.33. The van der Waals surface area contributed by atoms with E-state index in [0.717, 1.165) is 15.5 Å². The lowest BCUT2D eigenvalue weighted by molar-refractivity contribution is 0.0622. The van der Waals surface area contributed by atoms with Crippen LogP contribution in [0.3, 0.4) is 0 Å². The lowest BCUT2D eigenvalue weighted by Crippen LogP contribution is -2.45. The quantitative estimate of drug-likeness (QED) is 0.138. The molecule has 4 N–H and O–H groups in total. The summed E-state index contributed by atoms with van der Waals surface area (Å²) in [5, 5.41) is 12.2. The molecule has 1 amide bonds. The van der Waals surface area contributed by atoms with Crippen LogP contribution in [0.25, 0.3) is 21.9 Å². The molecule has 0 saturated heterocycles. The van der Waals surface area contributed by atoms with Crippen molar-refractivity contribution >= 4 is 50.4 Å². The molecule has 1 atom stereocenters. The van der Waals surface area contributed by atoms with E-state index in [-0.39, 0.29) is 28.9 Å². The zero-order valence-corrected chi connectivity index (χ0v) is 24.2. The van der Waals surface area contributed by atoms with E-state index in [4.69, 9.17) is 9.15 Å². The van der Waals surface area contributed by atoms with E-state index in [2.05, 4.69) is 4.72 Å². The Kier molecular flexibility index (Phi) is 8.17. The highest BCUT2D eigenvalue weighted by Gasteiger charge is 2.31. The largest absolute Gasteiger partial charge is 0.504 e. The molecule has 10 nitrogen and oxygen atoms in total. The summed E-state index contributed by atoms with van der Waals surface area (Å²) in [5.41, 5.74) is 2.03. The first-order valence-corrected chi connectivity index (χ1v) is 14.9. The SMILES string of the molecule is CC(C)C[C@@H](C(=O)n1cc(O)c(NS(O)(O)c2ccc3oc4ccccc4c3c2)c1)N(C)C(=O)OCc1ccccc1. The molecule has 2 aromatic heterocycles. The van der Waals surface area contributed by atoms with Crippen LogP contribution in [0.15, 0.2) is 94.5 Å². The van der Waals surface area contributed by atoms with Crippen LogP contribution in [-0.2, 0) is 11.3 Å². The van der Waals surface area contributed by atoms with Gasteiger partial charge in [-0.15, -0.1) is 0 Å². The van der Waals surface area contributed by atoms with Gasteiger partial charge in [-0.25, -0.2) is 4.79 Å². The Morgan fingerprint density at radius 3 is 2.40 bits per heavy atom. The van der Waals surface area contributed by atoms with Crippen molar-refractivity contribution in [3.8, 4) is 5.75 Å². The van der Waals surface area contributed by atoms with E-state index in [0.29, 0.717) is 23.0 Å². The number of hydrogen-bond acceptors (Lipinski definition) is 8. The molecule has 5 aromatic rings. The second kappa shape index (κ2) is 11.8. The molecular weight excluding hydrogens is 558 g/mol. The maximum Gasteiger partial charge on any atom is 0.410 e. The van der Waals surface area contributed by atoms with Crippen molar-refractivity contribution in [3.05, 3.63) is 90.8 Å². The molecule has 0 bridgehead atoms. The summed E-state index contributed by atoms with van der Waals surface area (Å²) in [7, 11) is -2.16. The number of carbonyl (C=O) groups excluding carboxylic acids is 2. The Bertz CT molecular complexity index is 1730. The predicted molar refractivity (Wildman–Crippen MR) is 163 cm³/mol. The Labute approximate surface area is 244 Å². The van der Waals surface area contributed by atoms with E-state index in [9.17, 15) is 23.8 Å². The van der Waals surface area contributed by atoms with Gasteiger partial charge in [-0.2, -0.15) is 0 Å². The van der Waals surface area contributed by atoms with Gasteiger partial charge in [0.2, 0.25) is 0 Å². The summed E-state index contributed by atoms with van der Waals surface area (Å²) in [6.45, 7) is 3.92. The van der Waals surface area contributed by atoms with Crippen LogP contribution < -0.4 is 4.72 Å². The number of aromatic hydroxyl groups is 1. The monoisotopic (exact) mass is 591 g/mol. The van der Waals surface area contributed by atoms with Crippen LogP contribution in [0.4, 0.5) is 10.5 Å². The second-order valence-electron chi connectivity index (χ2n) is 10.5. The molecule has 2 heterocycles. The second-order valence-corrected chi connectivity index (χ2v) is 12.3. The van der Waals surface area contributed by atoms with Gasteiger partial charge in [0.1, 0.15) is 29.5 Å². The molecule has 0 aliphatic carbocycles. The Morgan fingerprint density at radius 1 is 0.976 bits per heavy atom. The number of fused-ring (bicyclic) bond motifs is 3. The third-order valence-corrected chi connectivity index (χ3v) is 8.35. The van der Waals surface area contributed by atoms with Crippen molar-refractivity contribution in [1.82, 2.24) is 9.47 Å². The first-order valence-electron chi connectivity index (χ1n) is 13.4. The predicted octanol–water partition coefficient (Wildman–Crippen LogP) is 7.55. The molecule has 11 heteroatoms. The normalized spacial score (nSPS) is 12.9. The van der Waals surface area contributed by atoms with E-state index < -0.39 is 28.8 Å². The number of para-hydroxylation sites is 1. The van der Waals surface area contributed by atoms with Crippen molar-refractivity contribution < 1.29 is 33.0 Å². The molecule has 0 aliphatic rings. The number of likely N-dealkylation sites (N-methyl/N-ethyl adjacent to an activating group) is 1. The first kappa shape index (κ1) is 29.1. The maximum absolute atomic E-state index is 13.6. The summed E-state index contributed by atoms with van der Waals surface area (Å²) in [6, 6.07) is 20.5. The molecule has 0 spiro atoms. The molecule has 0 fully saturated rings. The van der Waals surface area contributed by atoms with Gasteiger partial charge in [0.05, 0.1) is 11.1 Å². The van der Waals surface area contributed by atoms with Crippen LogP contribution in [0.5, 0.6) is 5.75 Å². The number of hydrogen-bond donors (Lipinski definition) is 4. The number of carbonyl (C=O) groups is 2.